The lowest BCUT2D eigenvalue weighted by Gasteiger charge is -2.06. The van der Waals surface area contributed by atoms with Crippen molar-refractivity contribution in [3.63, 3.8) is 0 Å². The molecule has 0 amide bonds. The van der Waals surface area contributed by atoms with Gasteiger partial charge in [0.25, 0.3) is 0 Å². The van der Waals surface area contributed by atoms with Crippen LogP contribution in [0.2, 0.25) is 0 Å². The third-order valence-corrected chi connectivity index (χ3v) is 5.11. The number of anilines is 1. The number of rotatable bonds is 6. The normalized spacial score (nSPS) is 9.93. The number of hydrogen-bond acceptors (Lipinski definition) is 8. The van der Waals surface area contributed by atoms with Crippen molar-refractivity contribution in [1.82, 2.24) is 0 Å². The van der Waals surface area contributed by atoms with Crippen molar-refractivity contribution in [3.05, 3.63) is 35.9 Å². The predicted octanol–water partition coefficient (Wildman–Crippen LogP) is 5.04. The van der Waals surface area contributed by atoms with Crippen LogP contribution < -0.4 is 19.4 Å². The standard InChI is InChI=1S/C18H20N5O2S.C2H6.CH2O/c1-20-13-9-14-17(7-11(13)10-19)26-18(23(14)2)22-21-12-5-6-15(24-3)16(8-12)25-4;2*1-2/h5-10,19-20H,1-4H3;1-2H3;1H2/q+1;;. The minimum absolute atomic E-state index is 0.610. The van der Waals surface area contributed by atoms with Crippen molar-refractivity contribution in [2.75, 3.05) is 26.6 Å². The molecule has 3 aromatic rings. The minimum atomic E-state index is 0.610. The number of nitrogens with one attached hydrogen (secondary N) is 2. The molecule has 0 fully saturated rings. The number of aromatic nitrogens is 1. The highest BCUT2D eigenvalue weighted by molar-refractivity contribution is 7.21. The molecule has 2 N–H and O–H groups in total. The lowest BCUT2D eigenvalue weighted by Crippen LogP contribution is -2.25. The van der Waals surface area contributed by atoms with Crippen molar-refractivity contribution in [2.45, 2.75) is 13.8 Å². The highest BCUT2D eigenvalue weighted by Gasteiger charge is 2.18. The first kappa shape index (κ1) is 24.7. The first-order valence-corrected chi connectivity index (χ1v) is 10.00. The highest BCUT2D eigenvalue weighted by Crippen LogP contribution is 2.33. The van der Waals surface area contributed by atoms with Crippen LogP contribution >= 0.6 is 11.3 Å². The lowest BCUT2D eigenvalue weighted by atomic mass is 10.2. The fourth-order valence-corrected chi connectivity index (χ4v) is 3.61. The van der Waals surface area contributed by atoms with Crippen molar-refractivity contribution < 1.29 is 18.8 Å². The van der Waals surface area contributed by atoms with E-state index in [1.807, 2.05) is 57.5 Å². The number of methoxy groups -OCH3 is 2. The summed E-state index contributed by atoms with van der Waals surface area (Å²) in [5, 5.41) is 20.1. The number of hydrogen-bond donors (Lipinski definition) is 2. The van der Waals surface area contributed by atoms with E-state index in [4.69, 9.17) is 19.7 Å². The zero-order chi connectivity index (χ0) is 22.7. The number of nitrogens with zero attached hydrogens (tertiary/aromatic N) is 3. The number of carbonyl (C=O) groups excluding carboxylic acids is 1. The number of aryl methyl sites for hydroxylation is 1. The maximum atomic E-state index is 8.00. The minimum Gasteiger partial charge on any atom is -0.493 e. The molecular formula is C21H28N5O3S+. The van der Waals surface area contributed by atoms with E-state index in [9.17, 15) is 0 Å². The first-order chi connectivity index (χ1) is 14.6. The molecule has 0 unspecified atom stereocenters. The van der Waals surface area contributed by atoms with Crippen LogP contribution in [0.4, 0.5) is 16.5 Å². The number of ether oxygens (including phenoxy) is 2. The Kier molecular flexibility index (Phi) is 10.1. The van der Waals surface area contributed by atoms with Gasteiger partial charge in [-0.2, -0.15) is 0 Å². The summed E-state index contributed by atoms with van der Waals surface area (Å²) >= 11 is 1.52. The van der Waals surface area contributed by atoms with Crippen LogP contribution in [0, 0.1) is 5.41 Å². The summed E-state index contributed by atoms with van der Waals surface area (Å²) in [5.74, 6) is 1.26. The Morgan fingerprint density at radius 3 is 2.33 bits per heavy atom. The summed E-state index contributed by atoms with van der Waals surface area (Å²) in [6.07, 6.45) is 1.34. The second-order valence-corrected chi connectivity index (χ2v) is 6.49. The van der Waals surface area contributed by atoms with Gasteiger partial charge in [0.05, 0.1) is 31.1 Å². The summed E-state index contributed by atoms with van der Waals surface area (Å²) in [6, 6.07) is 9.40. The van der Waals surface area contributed by atoms with Gasteiger partial charge in [-0.15, -0.1) is 0 Å². The molecule has 1 heterocycles. The summed E-state index contributed by atoms with van der Waals surface area (Å²) < 4.78 is 13.6. The van der Waals surface area contributed by atoms with Crippen LogP contribution in [-0.4, -0.2) is 34.3 Å². The predicted molar refractivity (Wildman–Crippen MR) is 123 cm³/mol. The average molecular weight is 431 g/mol. The molecule has 0 aliphatic carbocycles. The number of fused-ring (bicyclic) bond motifs is 1. The maximum Gasteiger partial charge on any atom is 0.409 e. The van der Waals surface area contributed by atoms with Gasteiger partial charge >= 0.3 is 5.13 Å². The Bertz CT molecular complexity index is 1020. The highest BCUT2D eigenvalue weighted by atomic mass is 32.1. The van der Waals surface area contributed by atoms with Gasteiger partial charge in [-0.25, -0.2) is 4.57 Å². The van der Waals surface area contributed by atoms with E-state index in [2.05, 4.69) is 15.5 Å². The van der Waals surface area contributed by atoms with E-state index in [-0.39, 0.29) is 0 Å². The molecule has 0 saturated heterocycles. The van der Waals surface area contributed by atoms with Crippen LogP contribution in [-0.2, 0) is 11.8 Å². The van der Waals surface area contributed by atoms with Gasteiger partial charge in [-0.1, -0.05) is 13.8 Å². The molecule has 3 rings (SSSR count). The van der Waals surface area contributed by atoms with E-state index in [0.29, 0.717) is 17.2 Å². The van der Waals surface area contributed by atoms with E-state index in [0.717, 1.165) is 26.6 Å². The third kappa shape index (κ3) is 5.38. The molecule has 0 saturated carbocycles. The zero-order valence-electron chi connectivity index (χ0n) is 18.1. The van der Waals surface area contributed by atoms with Gasteiger partial charge in [0.1, 0.15) is 18.0 Å². The van der Waals surface area contributed by atoms with Crippen molar-refractivity contribution in [1.29, 1.82) is 5.41 Å². The maximum absolute atomic E-state index is 8.00. The molecule has 0 radical (unpaired) electrons. The molecule has 0 spiro atoms. The van der Waals surface area contributed by atoms with Gasteiger partial charge in [0, 0.05) is 36.6 Å². The third-order valence-electron chi connectivity index (χ3n) is 4.02. The van der Waals surface area contributed by atoms with Gasteiger partial charge in [-0.05, 0) is 34.7 Å². The average Bonchev–Trinajstić information content (AvgIpc) is 3.13. The van der Waals surface area contributed by atoms with Crippen molar-refractivity contribution >= 4 is 51.1 Å². The van der Waals surface area contributed by atoms with Crippen LogP contribution in [0.25, 0.3) is 10.2 Å². The SMILES string of the molecule is C=O.CC.CNc1cc2c(cc1C=N)sc(N=Nc1ccc(OC)c(OC)c1)[n+]2C. The van der Waals surface area contributed by atoms with E-state index >= 15 is 0 Å². The lowest BCUT2D eigenvalue weighted by molar-refractivity contribution is -0.627. The molecule has 8 nitrogen and oxygen atoms in total. The summed E-state index contributed by atoms with van der Waals surface area (Å²) in [4.78, 5) is 8.00. The van der Waals surface area contributed by atoms with Gasteiger partial charge in [0.15, 0.2) is 11.5 Å². The zero-order valence-corrected chi connectivity index (χ0v) is 19.0. The van der Waals surface area contributed by atoms with E-state index in [1.54, 1.807) is 26.4 Å². The Morgan fingerprint density at radius 1 is 1.10 bits per heavy atom. The molecule has 1 aromatic heterocycles. The number of azo groups is 1. The molecule has 30 heavy (non-hydrogen) atoms. The van der Waals surface area contributed by atoms with Crippen LogP contribution in [0.3, 0.4) is 0 Å². The Morgan fingerprint density at radius 2 is 1.77 bits per heavy atom. The molecule has 9 heteroatoms. The van der Waals surface area contributed by atoms with Crippen molar-refractivity contribution in [2.24, 2.45) is 17.3 Å². The van der Waals surface area contributed by atoms with E-state index < -0.39 is 0 Å². The number of carbonyl (C=O) groups is 1. The summed E-state index contributed by atoms with van der Waals surface area (Å²) in [7, 11) is 6.98. The van der Waals surface area contributed by atoms with Crippen LogP contribution in [0.5, 0.6) is 11.5 Å². The van der Waals surface area contributed by atoms with Crippen LogP contribution in [0.15, 0.2) is 40.6 Å². The second kappa shape index (κ2) is 12.3. The van der Waals surface area contributed by atoms with Gasteiger partial charge < -0.3 is 25.0 Å². The molecule has 0 bridgehead atoms. The Hall–Kier alpha value is -3.33. The molecule has 0 aliphatic heterocycles. The second-order valence-electron chi connectivity index (χ2n) is 5.48. The van der Waals surface area contributed by atoms with Gasteiger partial charge in [-0.3, -0.25) is 0 Å². The topological polar surface area (TPSA) is 100 Å². The molecule has 0 atom stereocenters. The molecule has 160 valence electrons. The quantitative estimate of drug-likeness (QED) is 0.325. The van der Waals surface area contributed by atoms with Crippen LogP contribution in [0.1, 0.15) is 19.4 Å². The fraction of sp³-hybridized carbons (Fsp3) is 0.286. The Balaban J connectivity index is 0.00000106. The first-order valence-electron chi connectivity index (χ1n) is 9.18. The monoisotopic (exact) mass is 430 g/mol. The molecule has 0 aliphatic rings. The summed E-state index contributed by atoms with van der Waals surface area (Å²) in [6.45, 7) is 6.00. The van der Waals surface area contributed by atoms with Crippen molar-refractivity contribution in [3.8, 4) is 11.5 Å². The van der Waals surface area contributed by atoms with Gasteiger partial charge in [0.2, 0.25) is 0 Å². The molecule has 2 aromatic carbocycles. The summed E-state index contributed by atoms with van der Waals surface area (Å²) in [5.41, 5.74) is 3.46. The number of benzene rings is 2. The molecular weight excluding hydrogens is 402 g/mol. The van der Waals surface area contributed by atoms with E-state index in [1.165, 1.54) is 17.6 Å². The fourth-order valence-electron chi connectivity index (χ4n) is 2.61. The number of thiazole rings is 1. The smallest absolute Gasteiger partial charge is 0.409 e. The Labute approximate surface area is 180 Å². The largest absolute Gasteiger partial charge is 0.493 e.